The van der Waals surface area contributed by atoms with Crippen molar-refractivity contribution in [3.63, 3.8) is 0 Å². The summed E-state index contributed by atoms with van der Waals surface area (Å²) < 4.78 is 17.1. The predicted octanol–water partition coefficient (Wildman–Crippen LogP) is 3.27. The Morgan fingerprint density at radius 2 is 1.74 bits per heavy atom. The highest BCUT2D eigenvalue weighted by Gasteiger charge is 2.62. The van der Waals surface area contributed by atoms with Gasteiger partial charge in [-0.1, -0.05) is 23.8 Å². The highest BCUT2D eigenvalue weighted by Crippen LogP contribution is 2.55. The Morgan fingerprint density at radius 3 is 2.23 bits per heavy atom. The summed E-state index contributed by atoms with van der Waals surface area (Å²) in [6, 6.07) is 0. The van der Waals surface area contributed by atoms with Crippen LogP contribution in [0.1, 0.15) is 54.4 Å². The van der Waals surface area contributed by atoms with E-state index in [9.17, 15) is 19.5 Å². The van der Waals surface area contributed by atoms with Crippen LogP contribution in [-0.4, -0.2) is 47.9 Å². The lowest BCUT2D eigenvalue weighted by molar-refractivity contribution is -0.217. The molecule has 172 valence electrons. The molecule has 2 aliphatic carbocycles. The van der Waals surface area contributed by atoms with E-state index in [1.54, 1.807) is 26.0 Å². The Bertz CT molecular complexity index is 809. The maximum atomic E-state index is 12.7. The number of carbonyl (C=O) groups excluding carboxylic acids is 3. The second-order valence-electron chi connectivity index (χ2n) is 8.72. The van der Waals surface area contributed by atoms with Gasteiger partial charge in [0.15, 0.2) is 12.2 Å². The maximum Gasteiger partial charge on any atom is 0.333 e. The van der Waals surface area contributed by atoms with Gasteiger partial charge in [-0.25, -0.2) is 4.79 Å². The molecule has 0 aromatic carbocycles. The van der Waals surface area contributed by atoms with Crippen LogP contribution in [0.4, 0.5) is 0 Å². The molecule has 6 atom stereocenters. The monoisotopic (exact) mass is 434 g/mol. The number of esters is 3. The van der Waals surface area contributed by atoms with E-state index in [0.717, 1.165) is 11.1 Å². The third-order valence-electron chi connectivity index (χ3n) is 6.64. The molecule has 1 fully saturated rings. The molecule has 0 bridgehead atoms. The lowest BCUT2D eigenvalue weighted by Crippen LogP contribution is -2.64. The van der Waals surface area contributed by atoms with E-state index in [-0.39, 0.29) is 11.8 Å². The van der Waals surface area contributed by atoms with Crippen molar-refractivity contribution < 1.29 is 33.7 Å². The standard InChI is InChI=1S/C24H34O7/c1-8-14(4)23(28)31-22-20(29-16(6)26)9-15(5)19-10-18(13(2)3)11-21(30-17(7)27)24(19,22)12-25/h8-9,18-22,25H,2,10-12H2,1,3-7H3. The van der Waals surface area contributed by atoms with Crippen molar-refractivity contribution in [1.82, 2.24) is 0 Å². The van der Waals surface area contributed by atoms with Crippen LogP contribution >= 0.6 is 0 Å². The minimum atomic E-state index is -1.15. The number of ether oxygens (including phenoxy) is 3. The summed E-state index contributed by atoms with van der Waals surface area (Å²) in [6.07, 6.45) is 1.80. The maximum absolute atomic E-state index is 12.7. The molecule has 0 aromatic heterocycles. The quantitative estimate of drug-likeness (QED) is 0.296. The second-order valence-corrected chi connectivity index (χ2v) is 8.72. The number of aliphatic hydroxyl groups is 1. The highest BCUT2D eigenvalue weighted by molar-refractivity contribution is 5.87. The fourth-order valence-corrected chi connectivity index (χ4v) is 4.91. The Hall–Kier alpha value is -2.41. The molecule has 0 heterocycles. The first kappa shape index (κ1) is 24.9. The number of hydrogen-bond acceptors (Lipinski definition) is 7. The molecule has 1 saturated carbocycles. The molecule has 0 saturated heterocycles. The molecule has 7 heteroatoms. The minimum absolute atomic E-state index is 0.0660. The van der Waals surface area contributed by atoms with Gasteiger partial charge in [0, 0.05) is 19.4 Å². The molecular formula is C24H34O7. The molecule has 0 amide bonds. The average Bonchev–Trinajstić information content (AvgIpc) is 2.68. The number of rotatable bonds is 6. The first-order chi connectivity index (χ1) is 14.5. The van der Waals surface area contributed by atoms with Gasteiger partial charge in [-0.3, -0.25) is 9.59 Å². The number of hydrogen-bond donors (Lipinski definition) is 1. The number of aliphatic hydroxyl groups excluding tert-OH is 1. The lowest BCUT2D eigenvalue weighted by atomic mass is 9.53. The summed E-state index contributed by atoms with van der Waals surface area (Å²) >= 11 is 0. The van der Waals surface area contributed by atoms with Gasteiger partial charge in [-0.2, -0.15) is 0 Å². The smallest absolute Gasteiger partial charge is 0.333 e. The Kier molecular flexibility index (Phi) is 7.87. The van der Waals surface area contributed by atoms with Crippen molar-refractivity contribution in [2.24, 2.45) is 17.3 Å². The zero-order chi connectivity index (χ0) is 23.5. The topological polar surface area (TPSA) is 99.1 Å². The largest absolute Gasteiger partial charge is 0.462 e. The second kappa shape index (κ2) is 9.81. The van der Waals surface area contributed by atoms with Gasteiger partial charge in [0.2, 0.25) is 0 Å². The SMILES string of the molecule is C=C(C)C1CC(OC(C)=O)C2(CO)C(C1)C(C)=CC(OC(C)=O)C2OC(=O)C(C)=CC. The van der Waals surface area contributed by atoms with Crippen LogP contribution in [0, 0.1) is 17.3 Å². The van der Waals surface area contributed by atoms with E-state index >= 15 is 0 Å². The Balaban J connectivity index is 2.68. The molecule has 6 unspecified atom stereocenters. The number of fused-ring (bicyclic) bond motifs is 1. The fraction of sp³-hybridized carbons (Fsp3) is 0.625. The molecule has 0 spiro atoms. The van der Waals surface area contributed by atoms with Crippen molar-refractivity contribution in [1.29, 1.82) is 0 Å². The summed E-state index contributed by atoms with van der Waals surface area (Å²) in [5, 5.41) is 10.7. The van der Waals surface area contributed by atoms with E-state index < -0.39 is 48.2 Å². The van der Waals surface area contributed by atoms with Gasteiger partial charge in [-0.05, 0) is 58.4 Å². The van der Waals surface area contributed by atoms with E-state index in [2.05, 4.69) is 6.58 Å². The average molecular weight is 435 g/mol. The van der Waals surface area contributed by atoms with Gasteiger partial charge >= 0.3 is 17.9 Å². The number of allylic oxidation sites excluding steroid dienone is 3. The molecule has 1 N–H and O–H groups in total. The summed E-state index contributed by atoms with van der Waals surface area (Å²) in [7, 11) is 0. The molecule has 7 nitrogen and oxygen atoms in total. The molecule has 2 aliphatic rings. The molecule has 0 aromatic rings. The van der Waals surface area contributed by atoms with Crippen molar-refractivity contribution >= 4 is 17.9 Å². The minimum Gasteiger partial charge on any atom is -0.462 e. The van der Waals surface area contributed by atoms with Crippen LogP contribution in [0.25, 0.3) is 0 Å². The Labute approximate surface area is 184 Å². The zero-order valence-corrected chi connectivity index (χ0v) is 19.3. The zero-order valence-electron chi connectivity index (χ0n) is 19.3. The van der Waals surface area contributed by atoms with Crippen LogP contribution in [0.3, 0.4) is 0 Å². The van der Waals surface area contributed by atoms with Crippen LogP contribution in [0.15, 0.2) is 35.5 Å². The van der Waals surface area contributed by atoms with Gasteiger partial charge in [0.25, 0.3) is 0 Å². The Morgan fingerprint density at radius 1 is 1.13 bits per heavy atom. The van der Waals surface area contributed by atoms with Gasteiger partial charge in [0.05, 0.1) is 12.0 Å². The predicted molar refractivity (Wildman–Crippen MR) is 115 cm³/mol. The van der Waals surface area contributed by atoms with E-state index in [1.165, 1.54) is 13.8 Å². The van der Waals surface area contributed by atoms with Crippen molar-refractivity contribution in [3.8, 4) is 0 Å². The number of carbonyl (C=O) groups is 3. The van der Waals surface area contributed by atoms with Crippen molar-refractivity contribution in [2.45, 2.75) is 72.7 Å². The highest BCUT2D eigenvalue weighted by atomic mass is 16.6. The van der Waals surface area contributed by atoms with Crippen LogP contribution < -0.4 is 0 Å². The third-order valence-corrected chi connectivity index (χ3v) is 6.64. The molecule has 31 heavy (non-hydrogen) atoms. The van der Waals surface area contributed by atoms with E-state index in [1.807, 2.05) is 13.8 Å². The summed E-state index contributed by atoms with van der Waals surface area (Å²) in [6.45, 7) is 13.4. The van der Waals surface area contributed by atoms with E-state index in [0.29, 0.717) is 18.4 Å². The van der Waals surface area contributed by atoms with Crippen LogP contribution in [0.5, 0.6) is 0 Å². The third kappa shape index (κ3) is 4.92. The van der Waals surface area contributed by atoms with Crippen LogP contribution in [0.2, 0.25) is 0 Å². The summed E-state index contributed by atoms with van der Waals surface area (Å²) in [5.74, 6) is -1.80. The van der Waals surface area contributed by atoms with Crippen molar-refractivity contribution in [3.05, 3.63) is 35.5 Å². The van der Waals surface area contributed by atoms with Crippen molar-refractivity contribution in [2.75, 3.05) is 6.61 Å². The summed E-state index contributed by atoms with van der Waals surface area (Å²) in [4.78, 5) is 36.6. The normalized spacial score (nSPS) is 32.9. The first-order valence-electron chi connectivity index (χ1n) is 10.6. The molecule has 0 radical (unpaired) electrons. The molecular weight excluding hydrogens is 400 g/mol. The molecule has 2 rings (SSSR count). The summed E-state index contributed by atoms with van der Waals surface area (Å²) in [5.41, 5.74) is 1.08. The van der Waals surface area contributed by atoms with E-state index in [4.69, 9.17) is 14.2 Å². The van der Waals surface area contributed by atoms with Gasteiger partial charge in [-0.15, -0.1) is 0 Å². The lowest BCUT2D eigenvalue weighted by Gasteiger charge is -2.56. The molecule has 0 aliphatic heterocycles. The first-order valence-corrected chi connectivity index (χ1v) is 10.6. The van der Waals surface area contributed by atoms with Gasteiger partial charge in [0.1, 0.15) is 6.10 Å². The van der Waals surface area contributed by atoms with Gasteiger partial charge < -0.3 is 19.3 Å². The fourth-order valence-electron chi connectivity index (χ4n) is 4.91. The van der Waals surface area contributed by atoms with Crippen LogP contribution in [-0.2, 0) is 28.6 Å².